The molecule has 1 aromatic rings. The number of carbonyl (C=O) groups is 1. The van der Waals surface area contributed by atoms with Crippen LogP contribution < -0.4 is 16.4 Å². The third-order valence-electron chi connectivity index (χ3n) is 3.58. The zero-order valence-corrected chi connectivity index (χ0v) is 15.4. The Bertz CT molecular complexity index is 643. The highest BCUT2D eigenvalue weighted by Crippen LogP contribution is 2.27. The first-order valence-electron chi connectivity index (χ1n) is 8.28. The average molecular weight is 356 g/mol. The number of nitrogens with one attached hydrogen (secondary N) is 2. The molecule has 0 radical (unpaired) electrons. The molecule has 1 aromatic carbocycles. The number of amides is 1. The summed E-state index contributed by atoms with van der Waals surface area (Å²) in [6.45, 7) is 7.41. The number of benzene rings is 1. The number of anilines is 2. The van der Waals surface area contributed by atoms with Crippen LogP contribution in [0.25, 0.3) is 0 Å². The molecule has 0 bridgehead atoms. The zero-order chi connectivity index (χ0) is 18.2. The maximum absolute atomic E-state index is 12.6. The summed E-state index contributed by atoms with van der Waals surface area (Å²) in [4.78, 5) is 12.1. The van der Waals surface area contributed by atoms with Crippen LogP contribution in [0.2, 0.25) is 0 Å². The number of hydrogen-bond donors (Lipinski definition) is 3. The summed E-state index contributed by atoms with van der Waals surface area (Å²) in [7, 11) is -3.57. The minimum Gasteiger partial charge on any atom is -0.384 e. The van der Waals surface area contributed by atoms with Crippen molar-refractivity contribution in [2.24, 2.45) is 5.73 Å². The Morgan fingerprint density at radius 3 is 2.38 bits per heavy atom. The molecule has 0 heterocycles. The molecule has 0 aromatic heterocycles. The first-order chi connectivity index (χ1) is 11.4. The predicted molar refractivity (Wildman–Crippen MR) is 97.6 cm³/mol. The smallest absolute Gasteiger partial charge is 0.243 e. The monoisotopic (exact) mass is 356 g/mol. The molecule has 0 unspecified atom stereocenters. The summed E-state index contributed by atoms with van der Waals surface area (Å²) < 4.78 is 26.7. The number of rotatable bonds is 10. The van der Waals surface area contributed by atoms with Crippen LogP contribution in [0.5, 0.6) is 0 Å². The number of hydrogen-bond acceptors (Lipinski definition) is 5. The Morgan fingerprint density at radius 1 is 1.17 bits per heavy atom. The molecule has 8 heteroatoms. The van der Waals surface area contributed by atoms with E-state index in [4.69, 9.17) is 5.73 Å². The first kappa shape index (κ1) is 20.4. The lowest BCUT2D eigenvalue weighted by Crippen LogP contribution is -2.30. The van der Waals surface area contributed by atoms with Gasteiger partial charge in [0.2, 0.25) is 15.9 Å². The van der Waals surface area contributed by atoms with Crippen LogP contribution in [-0.4, -0.2) is 44.8 Å². The molecule has 136 valence electrons. The lowest BCUT2D eigenvalue weighted by atomic mass is 10.2. The number of nitrogens with zero attached hydrogens (tertiary/aromatic N) is 1. The molecule has 1 amide bonds. The largest absolute Gasteiger partial charge is 0.384 e. The van der Waals surface area contributed by atoms with Crippen molar-refractivity contribution in [1.82, 2.24) is 4.31 Å². The van der Waals surface area contributed by atoms with Gasteiger partial charge in [-0.15, -0.1) is 0 Å². The van der Waals surface area contributed by atoms with Gasteiger partial charge in [-0.05, 0) is 38.1 Å². The number of sulfonamides is 1. The van der Waals surface area contributed by atoms with Gasteiger partial charge in [-0.3, -0.25) is 4.79 Å². The van der Waals surface area contributed by atoms with E-state index in [9.17, 15) is 13.2 Å². The van der Waals surface area contributed by atoms with Crippen LogP contribution >= 0.6 is 0 Å². The van der Waals surface area contributed by atoms with Crippen molar-refractivity contribution < 1.29 is 13.2 Å². The Balaban J connectivity index is 3.18. The molecule has 7 nitrogen and oxygen atoms in total. The molecule has 0 aliphatic carbocycles. The van der Waals surface area contributed by atoms with Crippen LogP contribution in [-0.2, 0) is 14.8 Å². The van der Waals surface area contributed by atoms with E-state index < -0.39 is 10.0 Å². The topological polar surface area (TPSA) is 105 Å². The van der Waals surface area contributed by atoms with Gasteiger partial charge in [0.1, 0.15) is 0 Å². The van der Waals surface area contributed by atoms with E-state index in [1.807, 2.05) is 6.92 Å². The van der Waals surface area contributed by atoms with Crippen molar-refractivity contribution in [3.05, 3.63) is 18.2 Å². The fourth-order valence-electron chi connectivity index (χ4n) is 2.32. The van der Waals surface area contributed by atoms with Gasteiger partial charge >= 0.3 is 0 Å². The minimum absolute atomic E-state index is 0.168. The van der Waals surface area contributed by atoms with Crippen molar-refractivity contribution in [3.8, 4) is 0 Å². The predicted octanol–water partition coefficient (Wildman–Crippen LogP) is 1.83. The fraction of sp³-hybridized carbons (Fsp3) is 0.562. The lowest BCUT2D eigenvalue weighted by Gasteiger charge is -2.20. The molecular formula is C16H28N4O3S. The Morgan fingerprint density at radius 2 is 1.83 bits per heavy atom. The van der Waals surface area contributed by atoms with Crippen molar-refractivity contribution in [3.63, 3.8) is 0 Å². The third kappa shape index (κ3) is 5.19. The normalized spacial score (nSPS) is 11.5. The van der Waals surface area contributed by atoms with Gasteiger partial charge in [-0.1, -0.05) is 13.8 Å². The summed E-state index contributed by atoms with van der Waals surface area (Å²) in [5, 5.41) is 5.90. The fourth-order valence-corrected chi connectivity index (χ4v) is 3.80. The SMILES string of the molecule is CCNc1ccc(S(=O)(=O)N(CC)CC)cc1NC(=O)CCCN. The van der Waals surface area contributed by atoms with Gasteiger partial charge in [0.25, 0.3) is 0 Å². The van der Waals surface area contributed by atoms with Crippen LogP contribution in [0.1, 0.15) is 33.6 Å². The van der Waals surface area contributed by atoms with Crippen LogP contribution in [0, 0.1) is 0 Å². The van der Waals surface area contributed by atoms with E-state index in [2.05, 4.69) is 10.6 Å². The Kier molecular flexibility index (Phi) is 8.17. The van der Waals surface area contributed by atoms with E-state index >= 15 is 0 Å². The second-order valence-electron chi connectivity index (χ2n) is 5.27. The average Bonchev–Trinajstić information content (AvgIpc) is 2.55. The standard InChI is InChI=1S/C16H28N4O3S/c1-4-18-14-10-9-13(24(22,23)20(5-2)6-3)12-15(14)19-16(21)8-7-11-17/h9-10,12,18H,4-8,11,17H2,1-3H3,(H,19,21). The highest BCUT2D eigenvalue weighted by atomic mass is 32.2. The van der Waals surface area contributed by atoms with Crippen LogP contribution in [0.15, 0.2) is 23.1 Å². The summed E-state index contributed by atoms with van der Waals surface area (Å²) in [6.07, 6.45) is 0.884. The quantitative estimate of drug-likeness (QED) is 0.593. The molecule has 24 heavy (non-hydrogen) atoms. The summed E-state index contributed by atoms with van der Waals surface area (Å²) in [5.41, 5.74) is 6.57. The van der Waals surface area contributed by atoms with Gasteiger partial charge in [0.15, 0.2) is 0 Å². The van der Waals surface area contributed by atoms with E-state index in [-0.39, 0.29) is 10.8 Å². The first-order valence-corrected chi connectivity index (χ1v) is 9.72. The lowest BCUT2D eigenvalue weighted by molar-refractivity contribution is -0.116. The van der Waals surface area contributed by atoms with Crippen LogP contribution in [0.4, 0.5) is 11.4 Å². The molecule has 0 spiro atoms. The summed E-state index contributed by atoms with van der Waals surface area (Å²) in [6, 6.07) is 4.74. The van der Waals surface area contributed by atoms with E-state index in [1.165, 1.54) is 10.4 Å². The molecule has 4 N–H and O–H groups in total. The van der Waals surface area contributed by atoms with Crippen molar-refractivity contribution in [1.29, 1.82) is 0 Å². The van der Waals surface area contributed by atoms with Gasteiger partial charge in [-0.25, -0.2) is 8.42 Å². The van der Waals surface area contributed by atoms with Crippen molar-refractivity contribution in [2.45, 2.75) is 38.5 Å². The molecule has 0 fully saturated rings. The van der Waals surface area contributed by atoms with E-state index in [0.29, 0.717) is 50.4 Å². The number of nitrogens with two attached hydrogens (primary N) is 1. The van der Waals surface area contributed by atoms with E-state index in [0.717, 1.165) is 0 Å². The second kappa shape index (κ2) is 9.61. The maximum atomic E-state index is 12.6. The maximum Gasteiger partial charge on any atom is 0.243 e. The summed E-state index contributed by atoms with van der Waals surface area (Å²) >= 11 is 0. The molecule has 0 aliphatic rings. The van der Waals surface area contributed by atoms with E-state index in [1.54, 1.807) is 26.0 Å². The van der Waals surface area contributed by atoms with Crippen LogP contribution in [0.3, 0.4) is 0 Å². The number of carbonyl (C=O) groups excluding carboxylic acids is 1. The Hall–Kier alpha value is -1.64. The molecular weight excluding hydrogens is 328 g/mol. The highest BCUT2D eigenvalue weighted by molar-refractivity contribution is 7.89. The van der Waals surface area contributed by atoms with Gasteiger partial charge < -0.3 is 16.4 Å². The zero-order valence-electron chi connectivity index (χ0n) is 14.6. The van der Waals surface area contributed by atoms with Gasteiger partial charge in [0, 0.05) is 26.1 Å². The molecule has 0 saturated heterocycles. The Labute approximate surface area is 144 Å². The minimum atomic E-state index is -3.57. The molecule has 0 saturated carbocycles. The van der Waals surface area contributed by atoms with Gasteiger partial charge in [0.05, 0.1) is 16.3 Å². The molecule has 0 atom stereocenters. The third-order valence-corrected chi connectivity index (χ3v) is 5.63. The summed E-state index contributed by atoms with van der Waals surface area (Å²) in [5.74, 6) is -0.183. The van der Waals surface area contributed by atoms with Crippen molar-refractivity contribution >= 4 is 27.3 Å². The molecule has 1 rings (SSSR count). The second-order valence-corrected chi connectivity index (χ2v) is 7.21. The van der Waals surface area contributed by atoms with Crippen molar-refractivity contribution in [2.75, 3.05) is 36.8 Å². The van der Waals surface area contributed by atoms with Gasteiger partial charge in [-0.2, -0.15) is 4.31 Å². The highest BCUT2D eigenvalue weighted by Gasteiger charge is 2.23. The molecule has 0 aliphatic heterocycles.